The molecule has 0 radical (unpaired) electrons. The minimum Gasteiger partial charge on any atom is -0.481 e. The van der Waals surface area contributed by atoms with Crippen LogP contribution in [-0.2, 0) is 30.4 Å². The average molecular weight is 527 g/mol. The fraction of sp³-hybridized carbons (Fsp3) is 0.636. The van der Waals surface area contributed by atoms with Gasteiger partial charge in [-0.05, 0) is 45.2 Å². The highest BCUT2D eigenvalue weighted by atomic mass is 16.4. The predicted octanol–water partition coefficient (Wildman–Crippen LogP) is -2.45. The van der Waals surface area contributed by atoms with Gasteiger partial charge in [-0.2, -0.15) is 0 Å². The van der Waals surface area contributed by atoms with Gasteiger partial charge in [0.15, 0.2) is 0 Å². The summed E-state index contributed by atoms with van der Waals surface area (Å²) in [4.78, 5) is 68.0. The van der Waals surface area contributed by atoms with Gasteiger partial charge in [0.1, 0.15) is 18.1 Å². The van der Waals surface area contributed by atoms with Gasteiger partial charge in [-0.1, -0.05) is 6.42 Å². The van der Waals surface area contributed by atoms with Gasteiger partial charge in [0.05, 0.1) is 18.8 Å². The molecule has 37 heavy (non-hydrogen) atoms. The lowest BCUT2D eigenvalue weighted by atomic mass is 10.1. The first-order chi connectivity index (χ1) is 17.6. The Morgan fingerprint density at radius 1 is 0.838 bits per heavy atom. The monoisotopic (exact) mass is 526 g/mol. The molecule has 15 nitrogen and oxygen atoms in total. The van der Waals surface area contributed by atoms with E-state index in [0.29, 0.717) is 50.9 Å². The molecule has 1 rings (SSSR count). The Hall–Kier alpha value is -3.56. The average Bonchev–Trinajstić information content (AvgIpc) is 3.35. The number of imidazole rings is 1. The first-order valence-corrected chi connectivity index (χ1v) is 12.1. The fourth-order valence-corrected chi connectivity index (χ4v) is 3.42. The highest BCUT2D eigenvalue weighted by Crippen LogP contribution is 2.06. The quantitative estimate of drug-likeness (QED) is 0.0853. The number of carbonyl (C=O) groups excluding carboxylic acids is 3. The van der Waals surface area contributed by atoms with E-state index < -0.39 is 60.2 Å². The second kappa shape index (κ2) is 17.0. The third-order valence-electron chi connectivity index (χ3n) is 5.49. The molecule has 4 unspecified atom stereocenters. The number of hydrogen-bond donors (Lipinski definition) is 9. The number of unbranched alkanes of at least 4 members (excludes halogenated alkanes) is 2. The predicted molar refractivity (Wildman–Crippen MR) is 132 cm³/mol. The van der Waals surface area contributed by atoms with E-state index in [1.807, 2.05) is 0 Å². The standard InChI is InChI=1S/C22H38N8O7/c23-7-3-1-5-14(25)19(33)29-16(9-13-11-26-12-27-13)20(34)30-17(10-18(31)32)21(35)28-15(22(36)37)6-2-4-8-24/h11-12,14-17H,1-10,23-25H2,(H,26,27)(H,28,35)(H,29,33)(H,30,34)(H,31,32)(H,36,37). The smallest absolute Gasteiger partial charge is 0.326 e. The van der Waals surface area contributed by atoms with Crippen LogP contribution < -0.4 is 33.2 Å². The summed E-state index contributed by atoms with van der Waals surface area (Å²) in [6.45, 7) is 0.792. The zero-order valence-electron chi connectivity index (χ0n) is 20.7. The van der Waals surface area contributed by atoms with Gasteiger partial charge in [-0.3, -0.25) is 19.2 Å². The minimum absolute atomic E-state index is 0.0503. The molecule has 12 N–H and O–H groups in total. The van der Waals surface area contributed by atoms with Crippen molar-refractivity contribution in [2.75, 3.05) is 13.1 Å². The van der Waals surface area contributed by atoms with E-state index in [4.69, 9.17) is 17.2 Å². The number of aliphatic carboxylic acids is 2. The van der Waals surface area contributed by atoms with E-state index in [0.717, 1.165) is 0 Å². The molecule has 0 saturated carbocycles. The Morgan fingerprint density at radius 2 is 1.41 bits per heavy atom. The number of carboxylic acid groups (broad SMARTS) is 2. The van der Waals surface area contributed by atoms with Gasteiger partial charge in [0, 0.05) is 18.3 Å². The zero-order valence-corrected chi connectivity index (χ0v) is 20.7. The molecule has 0 bridgehead atoms. The third-order valence-corrected chi connectivity index (χ3v) is 5.49. The third kappa shape index (κ3) is 12.3. The maximum absolute atomic E-state index is 13.1. The van der Waals surface area contributed by atoms with Crippen LogP contribution in [0.25, 0.3) is 0 Å². The molecule has 0 fully saturated rings. The number of aromatic amines is 1. The van der Waals surface area contributed by atoms with E-state index in [2.05, 4.69) is 25.9 Å². The summed E-state index contributed by atoms with van der Waals surface area (Å²) in [6.07, 6.45) is 4.62. The number of hydrogen-bond acceptors (Lipinski definition) is 9. The van der Waals surface area contributed by atoms with Gasteiger partial charge in [-0.15, -0.1) is 0 Å². The Balaban J connectivity index is 2.99. The Labute approximate surface area is 214 Å². The second-order valence-corrected chi connectivity index (χ2v) is 8.58. The van der Waals surface area contributed by atoms with Crippen molar-refractivity contribution < 1.29 is 34.2 Å². The summed E-state index contributed by atoms with van der Waals surface area (Å²) in [5, 5.41) is 25.8. The van der Waals surface area contributed by atoms with E-state index in [1.54, 1.807) is 0 Å². The van der Waals surface area contributed by atoms with Crippen molar-refractivity contribution >= 4 is 29.7 Å². The van der Waals surface area contributed by atoms with Crippen molar-refractivity contribution in [1.82, 2.24) is 25.9 Å². The van der Waals surface area contributed by atoms with E-state index in [-0.39, 0.29) is 12.8 Å². The summed E-state index contributed by atoms with van der Waals surface area (Å²) in [5.74, 6) is -5.15. The summed E-state index contributed by atoms with van der Waals surface area (Å²) in [7, 11) is 0. The summed E-state index contributed by atoms with van der Waals surface area (Å²) in [5.41, 5.74) is 17.3. The van der Waals surface area contributed by atoms with E-state index in [1.165, 1.54) is 12.5 Å². The van der Waals surface area contributed by atoms with Gasteiger partial charge in [-0.25, -0.2) is 9.78 Å². The molecule has 1 heterocycles. The Kier molecular flexibility index (Phi) is 14.5. The molecular weight excluding hydrogens is 488 g/mol. The minimum atomic E-state index is -1.60. The van der Waals surface area contributed by atoms with E-state index in [9.17, 15) is 34.2 Å². The normalized spacial score (nSPS) is 14.1. The molecule has 15 heteroatoms. The summed E-state index contributed by atoms with van der Waals surface area (Å²) < 4.78 is 0. The number of nitrogens with zero attached hydrogens (tertiary/aromatic N) is 1. The van der Waals surface area contributed by atoms with Crippen molar-refractivity contribution in [3.63, 3.8) is 0 Å². The van der Waals surface area contributed by atoms with Crippen molar-refractivity contribution in [3.05, 3.63) is 18.2 Å². The van der Waals surface area contributed by atoms with Crippen molar-refractivity contribution in [3.8, 4) is 0 Å². The molecule has 0 spiro atoms. The van der Waals surface area contributed by atoms with Crippen LogP contribution >= 0.6 is 0 Å². The molecule has 0 aliphatic carbocycles. The van der Waals surface area contributed by atoms with Crippen LogP contribution in [0.1, 0.15) is 50.6 Å². The molecule has 1 aromatic rings. The topological polar surface area (TPSA) is 269 Å². The second-order valence-electron chi connectivity index (χ2n) is 8.58. The van der Waals surface area contributed by atoms with Crippen molar-refractivity contribution in [2.24, 2.45) is 17.2 Å². The first kappa shape index (κ1) is 31.5. The van der Waals surface area contributed by atoms with Crippen LogP contribution in [0.15, 0.2) is 12.5 Å². The van der Waals surface area contributed by atoms with E-state index >= 15 is 0 Å². The Morgan fingerprint density at radius 3 is 1.95 bits per heavy atom. The number of aromatic nitrogens is 2. The molecule has 0 aliphatic rings. The maximum atomic E-state index is 13.1. The van der Waals surface area contributed by atoms with Gasteiger partial charge in [0.2, 0.25) is 17.7 Å². The largest absolute Gasteiger partial charge is 0.481 e. The van der Waals surface area contributed by atoms with Crippen LogP contribution in [0, 0.1) is 0 Å². The van der Waals surface area contributed by atoms with Crippen molar-refractivity contribution in [1.29, 1.82) is 0 Å². The number of rotatable bonds is 19. The highest BCUT2D eigenvalue weighted by Gasteiger charge is 2.31. The van der Waals surface area contributed by atoms with Crippen molar-refractivity contribution in [2.45, 2.75) is 75.5 Å². The number of nitrogens with two attached hydrogens (primary N) is 3. The lowest BCUT2D eigenvalue weighted by Gasteiger charge is -2.24. The number of nitrogens with one attached hydrogen (secondary N) is 4. The molecular formula is C22H38N8O7. The lowest BCUT2D eigenvalue weighted by Crippen LogP contribution is -2.58. The first-order valence-electron chi connectivity index (χ1n) is 12.1. The summed E-state index contributed by atoms with van der Waals surface area (Å²) >= 11 is 0. The number of carboxylic acids is 2. The van der Waals surface area contributed by atoms with Crippen LogP contribution in [0.5, 0.6) is 0 Å². The van der Waals surface area contributed by atoms with Gasteiger partial charge in [0.25, 0.3) is 0 Å². The molecule has 4 atom stereocenters. The SMILES string of the molecule is NCCCCC(N)C(=O)NC(Cc1cnc[nH]1)C(=O)NC(CC(=O)O)C(=O)NC(CCCCN)C(=O)O. The molecule has 0 saturated heterocycles. The molecule has 208 valence electrons. The number of carbonyl (C=O) groups is 5. The molecule has 0 aromatic carbocycles. The fourth-order valence-electron chi connectivity index (χ4n) is 3.42. The van der Waals surface area contributed by atoms with Crippen LogP contribution in [0.3, 0.4) is 0 Å². The van der Waals surface area contributed by atoms with Gasteiger partial charge < -0.3 is 48.3 Å². The summed E-state index contributed by atoms with van der Waals surface area (Å²) in [6, 6.07) is -5.02. The Bertz CT molecular complexity index is 880. The highest BCUT2D eigenvalue weighted by molar-refractivity contribution is 5.95. The molecule has 1 aromatic heterocycles. The zero-order chi connectivity index (χ0) is 27.8. The van der Waals surface area contributed by atoms with Crippen LogP contribution in [0.4, 0.5) is 0 Å². The number of H-pyrrole nitrogens is 1. The molecule has 0 aliphatic heterocycles. The van der Waals surface area contributed by atoms with Crippen LogP contribution in [0.2, 0.25) is 0 Å². The lowest BCUT2D eigenvalue weighted by molar-refractivity contribution is -0.143. The number of amides is 3. The molecule has 3 amide bonds. The maximum Gasteiger partial charge on any atom is 0.326 e. The van der Waals surface area contributed by atoms with Gasteiger partial charge >= 0.3 is 11.9 Å². The van der Waals surface area contributed by atoms with Crippen LogP contribution in [-0.4, -0.2) is 87.1 Å².